The smallest absolute Gasteiger partial charge is 0.193 e. The molecule has 2 aliphatic heterocycles. The number of nitrogens with one attached hydrogen (secondary N) is 1. The van der Waals surface area contributed by atoms with Gasteiger partial charge in [-0.05, 0) is 51.2 Å². The summed E-state index contributed by atoms with van der Waals surface area (Å²) >= 11 is 0. The van der Waals surface area contributed by atoms with Crippen molar-refractivity contribution in [3.05, 3.63) is 23.7 Å². The minimum Gasteiger partial charge on any atom is -0.465 e. The molecule has 0 spiro atoms. The third-order valence-electron chi connectivity index (χ3n) is 5.90. The van der Waals surface area contributed by atoms with E-state index in [1.807, 2.05) is 13.0 Å². The van der Waals surface area contributed by atoms with Gasteiger partial charge in [0, 0.05) is 46.4 Å². The number of ether oxygens (including phenoxy) is 2. The van der Waals surface area contributed by atoms with Gasteiger partial charge in [-0.3, -0.25) is 9.89 Å². The predicted molar refractivity (Wildman–Crippen MR) is 115 cm³/mol. The molecule has 2 fully saturated rings. The summed E-state index contributed by atoms with van der Waals surface area (Å²) in [6.07, 6.45) is 3.55. The van der Waals surface area contributed by atoms with E-state index in [9.17, 15) is 0 Å². The van der Waals surface area contributed by atoms with E-state index in [0.29, 0.717) is 6.54 Å². The van der Waals surface area contributed by atoms with Gasteiger partial charge in [0.05, 0.1) is 25.8 Å². The number of morpholine rings is 1. The maximum absolute atomic E-state index is 5.98. The Morgan fingerprint density at radius 3 is 2.59 bits per heavy atom. The average Bonchev–Trinajstić information content (AvgIpc) is 3.19. The second kappa shape index (κ2) is 11.6. The number of hydrogen-bond acceptors (Lipinski definition) is 5. The zero-order valence-electron chi connectivity index (χ0n) is 18.4. The summed E-state index contributed by atoms with van der Waals surface area (Å²) in [5, 5.41) is 3.46. The topological polar surface area (TPSA) is 62.5 Å². The van der Waals surface area contributed by atoms with E-state index >= 15 is 0 Å². The van der Waals surface area contributed by atoms with Gasteiger partial charge < -0.3 is 24.1 Å². The summed E-state index contributed by atoms with van der Waals surface area (Å²) in [5.74, 6) is 3.68. The van der Waals surface area contributed by atoms with Gasteiger partial charge in [-0.1, -0.05) is 0 Å². The van der Waals surface area contributed by atoms with Crippen molar-refractivity contribution in [2.45, 2.75) is 39.2 Å². The lowest BCUT2D eigenvalue weighted by molar-refractivity contribution is 0.0135. The van der Waals surface area contributed by atoms with Gasteiger partial charge in [0.2, 0.25) is 0 Å². The second-order valence-corrected chi connectivity index (χ2v) is 8.07. The molecule has 7 nitrogen and oxygen atoms in total. The van der Waals surface area contributed by atoms with Crippen LogP contribution in [0.2, 0.25) is 0 Å². The van der Waals surface area contributed by atoms with E-state index in [0.717, 1.165) is 76.0 Å². The van der Waals surface area contributed by atoms with E-state index in [-0.39, 0.29) is 6.04 Å². The third kappa shape index (κ3) is 6.73. The molecule has 0 bridgehead atoms. The number of rotatable bonds is 8. The first-order chi connectivity index (χ1) is 14.2. The lowest BCUT2D eigenvalue weighted by atomic mass is 9.96. The number of aliphatic imine (C=N–C) groups is 1. The van der Waals surface area contributed by atoms with E-state index in [1.54, 1.807) is 0 Å². The lowest BCUT2D eigenvalue weighted by Crippen LogP contribution is -2.42. The number of aryl methyl sites for hydroxylation is 1. The Balaban J connectivity index is 1.64. The van der Waals surface area contributed by atoms with Crippen LogP contribution in [-0.4, -0.2) is 82.0 Å². The normalized spacial score (nSPS) is 20.6. The quantitative estimate of drug-likeness (QED) is 0.529. The van der Waals surface area contributed by atoms with Crippen molar-refractivity contribution in [1.29, 1.82) is 0 Å². The maximum atomic E-state index is 5.98. The Hall–Kier alpha value is -1.57. The number of guanidine groups is 1. The predicted octanol–water partition coefficient (Wildman–Crippen LogP) is 2.68. The molecule has 29 heavy (non-hydrogen) atoms. The van der Waals surface area contributed by atoms with E-state index in [4.69, 9.17) is 18.9 Å². The van der Waals surface area contributed by atoms with Crippen LogP contribution in [0.1, 0.15) is 43.7 Å². The molecule has 0 aromatic carbocycles. The zero-order chi connectivity index (χ0) is 20.5. The molecular weight excluding hydrogens is 368 g/mol. The molecule has 2 aliphatic rings. The molecule has 3 heterocycles. The summed E-state index contributed by atoms with van der Waals surface area (Å²) in [7, 11) is 2.14. The molecule has 1 aromatic rings. The molecule has 7 heteroatoms. The van der Waals surface area contributed by atoms with Crippen molar-refractivity contribution < 1.29 is 13.9 Å². The highest BCUT2D eigenvalue weighted by Crippen LogP contribution is 2.24. The Kier molecular flexibility index (Phi) is 8.83. The van der Waals surface area contributed by atoms with Crippen LogP contribution in [0.5, 0.6) is 0 Å². The Morgan fingerprint density at radius 1 is 1.21 bits per heavy atom. The average molecular weight is 407 g/mol. The third-order valence-corrected chi connectivity index (χ3v) is 5.90. The van der Waals surface area contributed by atoms with Crippen molar-refractivity contribution in [1.82, 2.24) is 15.1 Å². The van der Waals surface area contributed by atoms with Gasteiger partial charge in [-0.2, -0.15) is 0 Å². The van der Waals surface area contributed by atoms with Gasteiger partial charge in [0.25, 0.3) is 0 Å². The van der Waals surface area contributed by atoms with Gasteiger partial charge in [-0.25, -0.2) is 0 Å². The van der Waals surface area contributed by atoms with Crippen molar-refractivity contribution in [3.63, 3.8) is 0 Å². The summed E-state index contributed by atoms with van der Waals surface area (Å²) < 4.78 is 17.0. The largest absolute Gasteiger partial charge is 0.465 e. The van der Waals surface area contributed by atoms with Gasteiger partial charge in [0.15, 0.2) is 5.96 Å². The highest BCUT2D eigenvalue weighted by molar-refractivity contribution is 5.79. The van der Waals surface area contributed by atoms with Crippen molar-refractivity contribution in [2.75, 3.05) is 66.2 Å². The molecule has 0 amide bonds. The van der Waals surface area contributed by atoms with Crippen LogP contribution in [0.4, 0.5) is 0 Å². The molecule has 0 radical (unpaired) electrons. The molecule has 0 aliphatic carbocycles. The van der Waals surface area contributed by atoms with Crippen LogP contribution in [0.25, 0.3) is 0 Å². The summed E-state index contributed by atoms with van der Waals surface area (Å²) in [4.78, 5) is 9.70. The van der Waals surface area contributed by atoms with Gasteiger partial charge in [0.1, 0.15) is 11.5 Å². The number of hydrogen-bond donors (Lipinski definition) is 1. The van der Waals surface area contributed by atoms with Gasteiger partial charge >= 0.3 is 0 Å². The van der Waals surface area contributed by atoms with Crippen LogP contribution in [0, 0.1) is 12.8 Å². The van der Waals surface area contributed by atoms with Crippen LogP contribution in [0.3, 0.4) is 0 Å². The molecule has 1 aromatic heterocycles. The molecular formula is C22H38N4O3. The summed E-state index contributed by atoms with van der Waals surface area (Å²) in [6.45, 7) is 11.9. The van der Waals surface area contributed by atoms with E-state index < -0.39 is 0 Å². The fourth-order valence-electron chi connectivity index (χ4n) is 4.07. The number of furan rings is 1. The fraction of sp³-hybridized carbons (Fsp3) is 0.773. The minimum atomic E-state index is 0.144. The summed E-state index contributed by atoms with van der Waals surface area (Å²) in [5.41, 5.74) is 0. The minimum absolute atomic E-state index is 0.144. The van der Waals surface area contributed by atoms with Crippen LogP contribution < -0.4 is 5.32 Å². The SMILES string of the molecule is CCNC(=NCC(c1ccc(C)o1)N1CCOCC1)N(C)CCC1CCOCC1. The first kappa shape index (κ1) is 22.1. The Bertz CT molecular complexity index is 621. The fourth-order valence-corrected chi connectivity index (χ4v) is 4.07. The van der Waals surface area contributed by atoms with Crippen molar-refractivity contribution in [3.8, 4) is 0 Å². The monoisotopic (exact) mass is 406 g/mol. The Labute approximate surface area is 175 Å². The highest BCUT2D eigenvalue weighted by atomic mass is 16.5. The first-order valence-corrected chi connectivity index (χ1v) is 11.1. The molecule has 2 saturated heterocycles. The highest BCUT2D eigenvalue weighted by Gasteiger charge is 2.25. The zero-order valence-corrected chi connectivity index (χ0v) is 18.4. The summed E-state index contributed by atoms with van der Waals surface area (Å²) in [6, 6.07) is 4.27. The molecule has 1 N–H and O–H groups in total. The number of nitrogens with zero attached hydrogens (tertiary/aromatic N) is 3. The van der Waals surface area contributed by atoms with Crippen molar-refractivity contribution in [2.24, 2.45) is 10.9 Å². The molecule has 1 unspecified atom stereocenters. The first-order valence-electron chi connectivity index (χ1n) is 11.1. The maximum Gasteiger partial charge on any atom is 0.193 e. The van der Waals surface area contributed by atoms with Gasteiger partial charge in [-0.15, -0.1) is 0 Å². The van der Waals surface area contributed by atoms with Crippen LogP contribution in [0.15, 0.2) is 21.5 Å². The molecule has 1 atom stereocenters. The van der Waals surface area contributed by atoms with E-state index in [1.165, 1.54) is 19.3 Å². The lowest BCUT2D eigenvalue weighted by Gasteiger charge is -2.33. The standard InChI is InChI=1S/C22H38N4O3/c1-4-23-22(25(3)10-7-19-8-13-27-14-9-19)24-17-20(21-6-5-18(2)29-21)26-11-15-28-16-12-26/h5-6,19-20H,4,7-17H2,1-3H3,(H,23,24). The van der Waals surface area contributed by atoms with Crippen LogP contribution >= 0.6 is 0 Å². The molecule has 3 rings (SSSR count). The Morgan fingerprint density at radius 2 is 1.93 bits per heavy atom. The van der Waals surface area contributed by atoms with Crippen LogP contribution in [-0.2, 0) is 9.47 Å². The van der Waals surface area contributed by atoms with E-state index in [2.05, 4.69) is 35.2 Å². The van der Waals surface area contributed by atoms with Crippen molar-refractivity contribution >= 4 is 5.96 Å². The molecule has 0 saturated carbocycles. The molecule has 164 valence electrons. The second-order valence-electron chi connectivity index (χ2n) is 8.07.